The molecule has 23 heavy (non-hydrogen) atoms. The van der Waals surface area contributed by atoms with Crippen LogP contribution in [0, 0.1) is 5.92 Å². The van der Waals surface area contributed by atoms with Gasteiger partial charge in [0.2, 0.25) is 0 Å². The summed E-state index contributed by atoms with van der Waals surface area (Å²) in [6, 6.07) is 10.2. The van der Waals surface area contributed by atoms with E-state index in [1.807, 2.05) is 18.2 Å². The molecule has 0 aromatic heterocycles. The summed E-state index contributed by atoms with van der Waals surface area (Å²) in [6.07, 6.45) is 8.91. The SMILES string of the molecule is CC(C)=CCCC1=CCC(CCOCc2ccccc2)CC1=O. The zero-order valence-electron chi connectivity index (χ0n) is 14.4. The summed E-state index contributed by atoms with van der Waals surface area (Å²) in [6.45, 7) is 5.59. The third-order valence-electron chi connectivity index (χ3n) is 4.28. The summed E-state index contributed by atoms with van der Waals surface area (Å²) in [4.78, 5) is 12.2. The van der Waals surface area contributed by atoms with Crippen molar-refractivity contribution >= 4 is 5.78 Å². The maximum absolute atomic E-state index is 12.2. The van der Waals surface area contributed by atoms with Gasteiger partial charge in [-0.2, -0.15) is 0 Å². The molecule has 1 atom stereocenters. The summed E-state index contributed by atoms with van der Waals surface area (Å²) in [5.74, 6) is 0.789. The molecule has 0 spiro atoms. The normalized spacial score (nSPS) is 17.7. The fourth-order valence-electron chi connectivity index (χ4n) is 2.89. The van der Waals surface area contributed by atoms with E-state index in [0.717, 1.165) is 37.9 Å². The van der Waals surface area contributed by atoms with Crippen LogP contribution in [0.15, 0.2) is 53.6 Å². The highest BCUT2D eigenvalue weighted by Crippen LogP contribution is 2.26. The van der Waals surface area contributed by atoms with Crippen molar-refractivity contribution in [3.8, 4) is 0 Å². The van der Waals surface area contributed by atoms with Crippen molar-refractivity contribution in [1.82, 2.24) is 0 Å². The number of carbonyl (C=O) groups is 1. The predicted octanol–water partition coefficient (Wildman–Crippen LogP) is 5.25. The first-order valence-corrected chi connectivity index (χ1v) is 8.62. The third-order valence-corrected chi connectivity index (χ3v) is 4.28. The second kappa shape index (κ2) is 9.46. The molecule has 1 aliphatic rings. The summed E-state index contributed by atoms with van der Waals surface area (Å²) >= 11 is 0. The van der Waals surface area contributed by atoms with E-state index in [1.165, 1.54) is 11.1 Å². The van der Waals surface area contributed by atoms with E-state index in [9.17, 15) is 4.79 Å². The average Bonchev–Trinajstić information content (AvgIpc) is 2.54. The van der Waals surface area contributed by atoms with Crippen LogP contribution in [0.25, 0.3) is 0 Å². The first kappa shape index (κ1) is 17.7. The molecule has 124 valence electrons. The highest BCUT2D eigenvalue weighted by Gasteiger charge is 2.21. The van der Waals surface area contributed by atoms with E-state index in [1.54, 1.807) is 0 Å². The maximum Gasteiger partial charge on any atom is 0.158 e. The molecule has 0 fully saturated rings. The number of hydrogen-bond donors (Lipinski definition) is 0. The first-order valence-electron chi connectivity index (χ1n) is 8.62. The van der Waals surface area contributed by atoms with Gasteiger partial charge in [-0.3, -0.25) is 4.79 Å². The molecule has 0 N–H and O–H groups in total. The number of ether oxygens (including phenoxy) is 1. The molecule has 1 aromatic carbocycles. The lowest BCUT2D eigenvalue weighted by atomic mass is 9.85. The molecule has 2 heteroatoms. The second-order valence-corrected chi connectivity index (χ2v) is 6.61. The number of hydrogen-bond acceptors (Lipinski definition) is 2. The Labute approximate surface area is 140 Å². The van der Waals surface area contributed by atoms with Gasteiger partial charge in [0.1, 0.15) is 0 Å². The second-order valence-electron chi connectivity index (χ2n) is 6.61. The monoisotopic (exact) mass is 312 g/mol. The minimum atomic E-state index is 0.339. The van der Waals surface area contributed by atoms with Gasteiger partial charge in [-0.05, 0) is 56.6 Å². The van der Waals surface area contributed by atoms with Crippen LogP contribution >= 0.6 is 0 Å². The van der Waals surface area contributed by atoms with E-state index in [-0.39, 0.29) is 0 Å². The van der Waals surface area contributed by atoms with E-state index in [0.29, 0.717) is 24.7 Å². The van der Waals surface area contributed by atoms with Crippen molar-refractivity contribution in [3.63, 3.8) is 0 Å². The lowest BCUT2D eigenvalue weighted by Gasteiger charge is -2.20. The largest absolute Gasteiger partial charge is 0.377 e. The lowest BCUT2D eigenvalue weighted by Crippen LogP contribution is -2.17. The summed E-state index contributed by atoms with van der Waals surface area (Å²) < 4.78 is 5.74. The zero-order chi connectivity index (χ0) is 16.5. The number of Topliss-reactive ketones (excluding diaryl/α,β-unsaturated/α-hetero) is 1. The Morgan fingerprint density at radius 2 is 2.04 bits per heavy atom. The average molecular weight is 312 g/mol. The molecular weight excluding hydrogens is 284 g/mol. The number of ketones is 1. The van der Waals surface area contributed by atoms with Crippen LogP contribution in [0.1, 0.15) is 51.5 Å². The van der Waals surface area contributed by atoms with Crippen LogP contribution in [0.5, 0.6) is 0 Å². The van der Waals surface area contributed by atoms with E-state index < -0.39 is 0 Å². The van der Waals surface area contributed by atoms with Crippen molar-refractivity contribution in [3.05, 3.63) is 59.2 Å². The quantitative estimate of drug-likeness (QED) is 0.484. The van der Waals surface area contributed by atoms with Crippen LogP contribution < -0.4 is 0 Å². The van der Waals surface area contributed by atoms with Crippen LogP contribution in [0.3, 0.4) is 0 Å². The summed E-state index contributed by atoms with van der Waals surface area (Å²) in [5, 5.41) is 0. The van der Waals surface area contributed by atoms with Crippen LogP contribution in [0.2, 0.25) is 0 Å². The van der Waals surface area contributed by atoms with Gasteiger partial charge < -0.3 is 4.74 Å². The van der Waals surface area contributed by atoms with E-state index in [2.05, 4.69) is 38.1 Å². The van der Waals surface area contributed by atoms with Gasteiger partial charge in [0.05, 0.1) is 6.61 Å². The van der Waals surface area contributed by atoms with Gasteiger partial charge in [-0.1, -0.05) is 48.1 Å². The topological polar surface area (TPSA) is 26.3 Å². The molecule has 0 saturated heterocycles. The Bertz CT molecular complexity index is 550. The number of allylic oxidation sites excluding steroid dienone is 4. The highest BCUT2D eigenvalue weighted by atomic mass is 16.5. The van der Waals surface area contributed by atoms with Crippen LogP contribution in [-0.4, -0.2) is 12.4 Å². The van der Waals surface area contributed by atoms with E-state index in [4.69, 9.17) is 4.74 Å². The van der Waals surface area contributed by atoms with Crippen molar-refractivity contribution in [2.24, 2.45) is 5.92 Å². The van der Waals surface area contributed by atoms with Crippen molar-refractivity contribution in [2.45, 2.75) is 52.6 Å². The Kier molecular flexibility index (Phi) is 7.28. The molecule has 2 nitrogen and oxygen atoms in total. The van der Waals surface area contributed by atoms with Gasteiger partial charge >= 0.3 is 0 Å². The van der Waals surface area contributed by atoms with Gasteiger partial charge in [0.15, 0.2) is 5.78 Å². The van der Waals surface area contributed by atoms with Crippen molar-refractivity contribution in [1.29, 1.82) is 0 Å². The lowest BCUT2D eigenvalue weighted by molar-refractivity contribution is -0.117. The Balaban J connectivity index is 1.67. The van der Waals surface area contributed by atoms with Crippen molar-refractivity contribution in [2.75, 3.05) is 6.61 Å². The molecule has 2 rings (SSSR count). The highest BCUT2D eigenvalue weighted by molar-refractivity contribution is 5.96. The zero-order valence-corrected chi connectivity index (χ0v) is 14.4. The van der Waals surface area contributed by atoms with E-state index >= 15 is 0 Å². The third kappa shape index (κ3) is 6.54. The molecule has 0 heterocycles. The number of carbonyl (C=O) groups excluding carboxylic acids is 1. The van der Waals surface area contributed by atoms with Crippen LogP contribution in [-0.2, 0) is 16.1 Å². The maximum atomic E-state index is 12.2. The van der Waals surface area contributed by atoms with Crippen molar-refractivity contribution < 1.29 is 9.53 Å². The molecule has 0 aliphatic heterocycles. The fourth-order valence-corrected chi connectivity index (χ4v) is 2.89. The van der Waals surface area contributed by atoms with Gasteiger partial charge in [0, 0.05) is 13.0 Å². The Morgan fingerprint density at radius 3 is 2.74 bits per heavy atom. The number of rotatable bonds is 8. The molecular formula is C21H28O2. The molecule has 0 radical (unpaired) electrons. The smallest absolute Gasteiger partial charge is 0.158 e. The molecule has 1 unspecified atom stereocenters. The van der Waals surface area contributed by atoms with Gasteiger partial charge in [-0.15, -0.1) is 0 Å². The molecule has 0 amide bonds. The Morgan fingerprint density at radius 1 is 1.26 bits per heavy atom. The minimum Gasteiger partial charge on any atom is -0.377 e. The fraction of sp³-hybridized carbons (Fsp3) is 0.476. The predicted molar refractivity (Wildman–Crippen MR) is 95.2 cm³/mol. The van der Waals surface area contributed by atoms with Gasteiger partial charge in [0.25, 0.3) is 0 Å². The first-order chi connectivity index (χ1) is 11.1. The standard InChI is InChI=1S/C21H28O2/c1-17(2)7-6-10-20-12-11-18(15-21(20)22)13-14-23-16-19-8-4-3-5-9-19/h3-5,7-9,12,18H,6,10-11,13-16H2,1-2H3. The van der Waals surface area contributed by atoms with Gasteiger partial charge in [-0.25, -0.2) is 0 Å². The van der Waals surface area contributed by atoms with Crippen LogP contribution in [0.4, 0.5) is 0 Å². The molecule has 0 bridgehead atoms. The number of benzene rings is 1. The minimum absolute atomic E-state index is 0.339. The Hall–Kier alpha value is -1.67. The molecule has 0 saturated carbocycles. The summed E-state index contributed by atoms with van der Waals surface area (Å²) in [5.41, 5.74) is 3.56. The molecule has 1 aromatic rings. The molecule has 1 aliphatic carbocycles. The summed E-state index contributed by atoms with van der Waals surface area (Å²) in [7, 11) is 0.